The summed E-state index contributed by atoms with van der Waals surface area (Å²) in [5.74, 6) is 0.0616. The third-order valence-electron chi connectivity index (χ3n) is 6.25. The number of ether oxygens (including phenoxy) is 1. The Morgan fingerprint density at radius 2 is 1.93 bits per heavy atom. The van der Waals surface area contributed by atoms with Crippen molar-refractivity contribution < 1.29 is 14.3 Å². The molecule has 1 aromatic heterocycles. The van der Waals surface area contributed by atoms with E-state index in [0.29, 0.717) is 37.8 Å². The second-order valence-corrected chi connectivity index (χ2v) is 8.18. The molecule has 1 saturated carbocycles. The SMILES string of the molecule is CCNC(=O)N(C1CC1)C1CCOC2(CCN(C(=O)c3ccncc3)CC2)C1. The maximum atomic E-state index is 12.7. The van der Waals surface area contributed by atoms with Crippen LogP contribution in [0.1, 0.15) is 55.8 Å². The fraction of sp³-hybridized carbons (Fsp3) is 0.667. The Kier molecular flexibility index (Phi) is 5.53. The zero-order chi connectivity index (χ0) is 19.6. The predicted molar refractivity (Wildman–Crippen MR) is 105 cm³/mol. The Morgan fingerprint density at radius 3 is 2.57 bits per heavy atom. The highest BCUT2D eigenvalue weighted by molar-refractivity contribution is 5.94. The summed E-state index contributed by atoms with van der Waals surface area (Å²) in [6.45, 7) is 4.69. The van der Waals surface area contributed by atoms with E-state index in [0.717, 1.165) is 38.5 Å². The third kappa shape index (κ3) is 3.99. The first kappa shape index (κ1) is 19.2. The number of aromatic nitrogens is 1. The molecule has 4 rings (SSSR count). The van der Waals surface area contributed by atoms with Crippen molar-refractivity contribution in [3.05, 3.63) is 30.1 Å². The molecule has 1 unspecified atom stereocenters. The van der Waals surface area contributed by atoms with Gasteiger partial charge in [0.15, 0.2) is 0 Å². The summed E-state index contributed by atoms with van der Waals surface area (Å²) in [4.78, 5) is 33.3. The predicted octanol–water partition coefficient (Wildman–Crippen LogP) is 2.43. The van der Waals surface area contributed by atoms with E-state index in [4.69, 9.17) is 4.74 Å². The number of carbonyl (C=O) groups is 2. The van der Waals surface area contributed by atoms with E-state index in [2.05, 4.69) is 15.2 Å². The zero-order valence-electron chi connectivity index (χ0n) is 16.6. The molecule has 1 N–H and O–H groups in total. The number of carbonyl (C=O) groups excluding carboxylic acids is 2. The second-order valence-electron chi connectivity index (χ2n) is 8.18. The van der Waals surface area contributed by atoms with Crippen LogP contribution in [0.5, 0.6) is 0 Å². The van der Waals surface area contributed by atoms with Gasteiger partial charge in [-0.1, -0.05) is 0 Å². The van der Waals surface area contributed by atoms with Gasteiger partial charge in [0.05, 0.1) is 5.60 Å². The van der Waals surface area contributed by atoms with Gasteiger partial charge in [0, 0.05) is 56.3 Å². The molecule has 1 aromatic rings. The maximum absolute atomic E-state index is 12.7. The minimum Gasteiger partial charge on any atom is -0.375 e. The molecule has 1 aliphatic carbocycles. The Balaban J connectivity index is 1.39. The summed E-state index contributed by atoms with van der Waals surface area (Å²) < 4.78 is 6.25. The molecule has 3 heterocycles. The molecule has 1 spiro atoms. The first-order valence-corrected chi connectivity index (χ1v) is 10.5. The zero-order valence-corrected chi connectivity index (χ0v) is 16.6. The van der Waals surface area contributed by atoms with Crippen molar-refractivity contribution in [3.8, 4) is 0 Å². The lowest BCUT2D eigenvalue weighted by Crippen LogP contribution is -2.57. The average Bonchev–Trinajstić information content (AvgIpc) is 3.54. The number of hydrogen-bond donors (Lipinski definition) is 1. The molecular formula is C21H30N4O3. The van der Waals surface area contributed by atoms with Crippen molar-refractivity contribution in [2.75, 3.05) is 26.2 Å². The van der Waals surface area contributed by atoms with E-state index in [1.807, 2.05) is 11.8 Å². The van der Waals surface area contributed by atoms with Gasteiger partial charge in [0.1, 0.15) is 0 Å². The van der Waals surface area contributed by atoms with Gasteiger partial charge >= 0.3 is 6.03 Å². The monoisotopic (exact) mass is 386 g/mol. The minimum atomic E-state index is -0.211. The summed E-state index contributed by atoms with van der Waals surface area (Å²) in [6.07, 6.45) is 8.95. The molecule has 0 bridgehead atoms. The van der Waals surface area contributed by atoms with Crippen LogP contribution in [0.2, 0.25) is 0 Å². The normalized spacial score (nSPS) is 24.0. The summed E-state index contributed by atoms with van der Waals surface area (Å²) in [7, 11) is 0. The van der Waals surface area contributed by atoms with Crippen molar-refractivity contribution in [2.24, 2.45) is 0 Å². The number of likely N-dealkylation sites (tertiary alicyclic amines) is 1. The molecule has 3 amide bonds. The van der Waals surface area contributed by atoms with Crippen LogP contribution in [0.15, 0.2) is 24.5 Å². The quantitative estimate of drug-likeness (QED) is 0.862. The van der Waals surface area contributed by atoms with E-state index in [1.54, 1.807) is 24.5 Å². The molecule has 3 fully saturated rings. The van der Waals surface area contributed by atoms with E-state index >= 15 is 0 Å². The van der Waals surface area contributed by atoms with Crippen molar-refractivity contribution in [1.29, 1.82) is 0 Å². The summed E-state index contributed by atoms with van der Waals surface area (Å²) >= 11 is 0. The number of hydrogen-bond acceptors (Lipinski definition) is 4. The number of nitrogens with zero attached hydrogens (tertiary/aromatic N) is 3. The fourth-order valence-corrected chi connectivity index (χ4v) is 4.61. The number of piperidine rings is 1. The van der Waals surface area contributed by atoms with E-state index < -0.39 is 0 Å². The van der Waals surface area contributed by atoms with Gasteiger partial charge in [-0.3, -0.25) is 9.78 Å². The topological polar surface area (TPSA) is 74.8 Å². The van der Waals surface area contributed by atoms with Gasteiger partial charge in [-0.05, 0) is 57.6 Å². The number of pyridine rings is 1. The minimum absolute atomic E-state index is 0.0616. The Hall–Kier alpha value is -2.15. The van der Waals surface area contributed by atoms with Crippen molar-refractivity contribution in [2.45, 2.75) is 63.1 Å². The van der Waals surface area contributed by atoms with Crippen LogP contribution in [0.25, 0.3) is 0 Å². The average molecular weight is 386 g/mol. The molecule has 28 heavy (non-hydrogen) atoms. The standard InChI is InChI=1S/C21H30N4O3/c1-2-23-20(27)25(17-3-4-17)18-7-14-28-21(15-18)8-12-24(13-9-21)19(26)16-5-10-22-11-6-16/h5-6,10-11,17-18H,2-4,7-9,12-15H2,1H3,(H,23,27). The molecule has 0 radical (unpaired) electrons. The maximum Gasteiger partial charge on any atom is 0.317 e. The van der Waals surface area contributed by atoms with Gasteiger partial charge in [-0.25, -0.2) is 4.79 Å². The van der Waals surface area contributed by atoms with E-state index in [9.17, 15) is 9.59 Å². The summed E-state index contributed by atoms with van der Waals surface area (Å²) in [5.41, 5.74) is 0.474. The van der Waals surface area contributed by atoms with Crippen LogP contribution < -0.4 is 5.32 Å². The van der Waals surface area contributed by atoms with Crippen molar-refractivity contribution in [1.82, 2.24) is 20.1 Å². The lowest BCUT2D eigenvalue weighted by molar-refractivity contribution is -0.126. The molecule has 152 valence electrons. The van der Waals surface area contributed by atoms with Crippen LogP contribution in [-0.2, 0) is 4.74 Å². The highest BCUT2D eigenvalue weighted by Crippen LogP contribution is 2.40. The van der Waals surface area contributed by atoms with Gasteiger partial charge in [-0.2, -0.15) is 0 Å². The van der Waals surface area contributed by atoms with Crippen molar-refractivity contribution in [3.63, 3.8) is 0 Å². The first-order chi connectivity index (χ1) is 13.6. The van der Waals surface area contributed by atoms with Crippen LogP contribution >= 0.6 is 0 Å². The fourth-order valence-electron chi connectivity index (χ4n) is 4.61. The van der Waals surface area contributed by atoms with Crippen molar-refractivity contribution >= 4 is 11.9 Å². The lowest BCUT2D eigenvalue weighted by Gasteiger charge is -2.48. The second kappa shape index (κ2) is 8.07. The smallest absolute Gasteiger partial charge is 0.317 e. The molecule has 1 atom stereocenters. The van der Waals surface area contributed by atoms with Gasteiger partial charge in [0.2, 0.25) is 0 Å². The van der Waals surface area contributed by atoms with Gasteiger partial charge < -0.3 is 19.9 Å². The lowest BCUT2D eigenvalue weighted by atomic mass is 9.81. The van der Waals surface area contributed by atoms with E-state index in [-0.39, 0.29) is 23.6 Å². The highest BCUT2D eigenvalue weighted by Gasteiger charge is 2.46. The molecule has 3 aliphatic rings. The molecule has 7 heteroatoms. The number of nitrogens with one attached hydrogen (secondary N) is 1. The third-order valence-corrected chi connectivity index (χ3v) is 6.25. The first-order valence-electron chi connectivity index (χ1n) is 10.5. The highest BCUT2D eigenvalue weighted by atomic mass is 16.5. The van der Waals surface area contributed by atoms with Crippen LogP contribution in [-0.4, -0.2) is 70.6 Å². The molecular weight excluding hydrogens is 356 g/mol. The molecule has 2 aliphatic heterocycles. The van der Waals surface area contributed by atoms with Crippen LogP contribution in [0, 0.1) is 0 Å². The molecule has 7 nitrogen and oxygen atoms in total. The Morgan fingerprint density at radius 1 is 1.21 bits per heavy atom. The molecule has 0 aromatic carbocycles. The van der Waals surface area contributed by atoms with Gasteiger partial charge in [-0.15, -0.1) is 0 Å². The Labute approximate surface area is 166 Å². The number of rotatable bonds is 4. The largest absolute Gasteiger partial charge is 0.375 e. The van der Waals surface area contributed by atoms with E-state index in [1.165, 1.54) is 0 Å². The Bertz CT molecular complexity index is 699. The number of urea groups is 1. The number of amides is 3. The summed E-state index contributed by atoms with van der Waals surface area (Å²) in [5, 5.41) is 2.98. The van der Waals surface area contributed by atoms with Gasteiger partial charge in [0.25, 0.3) is 5.91 Å². The molecule has 2 saturated heterocycles. The van der Waals surface area contributed by atoms with Crippen LogP contribution in [0.3, 0.4) is 0 Å². The van der Waals surface area contributed by atoms with Crippen LogP contribution in [0.4, 0.5) is 4.79 Å². The summed E-state index contributed by atoms with van der Waals surface area (Å²) in [6, 6.07) is 4.21.